The zero-order valence-corrected chi connectivity index (χ0v) is 10.3. The molecule has 17 heavy (non-hydrogen) atoms. The Morgan fingerprint density at radius 1 is 1.18 bits per heavy atom. The highest BCUT2D eigenvalue weighted by molar-refractivity contribution is 9.10. The third-order valence-electron chi connectivity index (χ3n) is 1.97. The molecule has 0 atom stereocenters. The van der Waals surface area contributed by atoms with Crippen LogP contribution in [0.1, 0.15) is 0 Å². The van der Waals surface area contributed by atoms with Gasteiger partial charge in [0.05, 0.1) is 0 Å². The molecule has 3 N–H and O–H groups in total. The van der Waals surface area contributed by atoms with Gasteiger partial charge in [-0.2, -0.15) is 0 Å². The predicted molar refractivity (Wildman–Crippen MR) is 68.6 cm³/mol. The zero-order chi connectivity index (χ0) is 12.3. The molecule has 0 spiro atoms. The summed E-state index contributed by atoms with van der Waals surface area (Å²) in [5.74, 6) is 0.454. The highest BCUT2D eigenvalue weighted by atomic mass is 79.9. The van der Waals surface area contributed by atoms with Crippen LogP contribution in [0.3, 0.4) is 0 Å². The fourth-order valence-corrected chi connectivity index (χ4v) is 1.39. The third kappa shape index (κ3) is 3.01. The number of pyridine rings is 1. The number of aromatic nitrogens is 1. The molecule has 5 nitrogen and oxygen atoms in total. The lowest BCUT2D eigenvalue weighted by Crippen LogP contribution is -1.82. The van der Waals surface area contributed by atoms with Gasteiger partial charge < -0.3 is 10.8 Å². The summed E-state index contributed by atoms with van der Waals surface area (Å²) in [6.45, 7) is 0. The van der Waals surface area contributed by atoms with Gasteiger partial charge in [0.1, 0.15) is 11.4 Å². The molecule has 0 aliphatic heterocycles. The van der Waals surface area contributed by atoms with Crippen LogP contribution < -0.4 is 5.73 Å². The van der Waals surface area contributed by atoms with Gasteiger partial charge in [0.25, 0.3) is 0 Å². The van der Waals surface area contributed by atoms with Gasteiger partial charge in [0, 0.05) is 22.4 Å². The molecular weight excluding hydrogens is 284 g/mol. The van der Waals surface area contributed by atoms with Crippen LogP contribution in [-0.4, -0.2) is 10.1 Å². The Morgan fingerprint density at radius 3 is 2.65 bits per heavy atom. The topological polar surface area (TPSA) is 83.9 Å². The maximum Gasteiger partial charge on any atom is 0.174 e. The summed E-state index contributed by atoms with van der Waals surface area (Å²) in [5.41, 5.74) is 6.33. The largest absolute Gasteiger partial charge is 0.506 e. The SMILES string of the molecule is Nc1ccc(N=Nc2ccc(Br)cn2)c(O)c1. The van der Waals surface area contributed by atoms with Gasteiger partial charge in [0.2, 0.25) is 0 Å². The second kappa shape index (κ2) is 4.92. The van der Waals surface area contributed by atoms with Crippen LogP contribution in [0.2, 0.25) is 0 Å². The second-order valence-electron chi connectivity index (χ2n) is 3.28. The van der Waals surface area contributed by atoms with Gasteiger partial charge in [0.15, 0.2) is 5.82 Å². The van der Waals surface area contributed by atoms with E-state index in [0.29, 0.717) is 17.2 Å². The molecule has 0 unspecified atom stereocenters. The van der Waals surface area contributed by atoms with E-state index in [-0.39, 0.29) is 5.75 Å². The van der Waals surface area contributed by atoms with E-state index in [4.69, 9.17) is 5.73 Å². The first-order valence-electron chi connectivity index (χ1n) is 4.77. The van der Waals surface area contributed by atoms with Gasteiger partial charge >= 0.3 is 0 Å². The number of phenols is 1. The smallest absolute Gasteiger partial charge is 0.174 e. The van der Waals surface area contributed by atoms with Crippen LogP contribution in [0.25, 0.3) is 0 Å². The Bertz CT molecular complexity index is 554. The van der Waals surface area contributed by atoms with E-state index >= 15 is 0 Å². The number of aromatic hydroxyl groups is 1. The molecule has 0 aliphatic rings. The van der Waals surface area contributed by atoms with Gasteiger partial charge in [-0.1, -0.05) is 0 Å². The van der Waals surface area contributed by atoms with Crippen molar-refractivity contribution in [3.8, 4) is 5.75 Å². The summed E-state index contributed by atoms with van der Waals surface area (Å²) in [4.78, 5) is 4.03. The van der Waals surface area contributed by atoms with Gasteiger partial charge in [-0.3, -0.25) is 0 Å². The van der Waals surface area contributed by atoms with Gasteiger partial charge in [-0.05, 0) is 40.2 Å². The van der Waals surface area contributed by atoms with Crippen molar-refractivity contribution >= 4 is 33.1 Å². The summed E-state index contributed by atoms with van der Waals surface area (Å²) in [7, 11) is 0. The molecule has 86 valence electrons. The van der Waals surface area contributed by atoms with E-state index in [2.05, 4.69) is 31.1 Å². The van der Waals surface area contributed by atoms with Crippen molar-refractivity contribution in [2.45, 2.75) is 0 Å². The number of benzene rings is 1. The predicted octanol–water partition coefficient (Wildman–Crippen LogP) is 3.55. The number of hydrogen-bond acceptors (Lipinski definition) is 5. The van der Waals surface area contributed by atoms with Gasteiger partial charge in [-0.15, -0.1) is 10.2 Å². The van der Waals surface area contributed by atoms with Crippen molar-refractivity contribution in [1.82, 2.24) is 4.98 Å². The lowest BCUT2D eigenvalue weighted by atomic mass is 10.3. The van der Waals surface area contributed by atoms with Crippen molar-refractivity contribution in [3.63, 3.8) is 0 Å². The van der Waals surface area contributed by atoms with Crippen molar-refractivity contribution in [1.29, 1.82) is 0 Å². The summed E-state index contributed by atoms with van der Waals surface area (Å²) in [5, 5.41) is 17.3. The van der Waals surface area contributed by atoms with Crippen molar-refractivity contribution in [2.24, 2.45) is 10.2 Å². The molecule has 1 aromatic heterocycles. The van der Waals surface area contributed by atoms with E-state index in [0.717, 1.165) is 4.47 Å². The van der Waals surface area contributed by atoms with Gasteiger partial charge in [-0.25, -0.2) is 4.98 Å². The first-order valence-corrected chi connectivity index (χ1v) is 5.56. The average molecular weight is 293 g/mol. The van der Waals surface area contributed by atoms with Crippen molar-refractivity contribution in [3.05, 3.63) is 41.0 Å². The molecule has 0 amide bonds. The van der Waals surface area contributed by atoms with E-state index in [9.17, 15) is 5.11 Å². The minimum absolute atomic E-state index is 0.00846. The number of azo groups is 1. The standard InChI is InChI=1S/C11H9BrN4O/c12-7-1-4-11(14-6-7)16-15-9-3-2-8(13)5-10(9)17/h1-6,17H,13H2. The van der Waals surface area contributed by atoms with E-state index < -0.39 is 0 Å². The van der Waals surface area contributed by atoms with E-state index in [1.807, 2.05) is 6.07 Å². The monoisotopic (exact) mass is 292 g/mol. The molecule has 0 bridgehead atoms. The summed E-state index contributed by atoms with van der Waals surface area (Å²) < 4.78 is 0.867. The van der Waals surface area contributed by atoms with E-state index in [1.54, 1.807) is 24.4 Å². The fraction of sp³-hybridized carbons (Fsp3) is 0. The molecule has 0 aliphatic carbocycles. The maximum absolute atomic E-state index is 9.55. The number of hydrogen-bond donors (Lipinski definition) is 2. The molecule has 0 saturated heterocycles. The Balaban J connectivity index is 2.23. The normalized spacial score (nSPS) is 10.9. The number of anilines is 1. The highest BCUT2D eigenvalue weighted by Gasteiger charge is 1.99. The van der Waals surface area contributed by atoms with Crippen LogP contribution in [-0.2, 0) is 0 Å². The quantitative estimate of drug-likeness (QED) is 0.656. The van der Waals surface area contributed by atoms with Crippen molar-refractivity contribution in [2.75, 3.05) is 5.73 Å². The molecule has 1 heterocycles. The summed E-state index contributed by atoms with van der Waals surface area (Å²) in [6, 6.07) is 8.17. The minimum Gasteiger partial charge on any atom is -0.506 e. The molecule has 2 rings (SSSR count). The summed E-state index contributed by atoms with van der Waals surface area (Å²) >= 11 is 3.27. The first kappa shape index (κ1) is 11.5. The van der Waals surface area contributed by atoms with Crippen LogP contribution in [0.15, 0.2) is 51.2 Å². The Morgan fingerprint density at radius 2 is 2.00 bits per heavy atom. The molecule has 0 saturated carbocycles. The molecule has 2 aromatic rings. The highest BCUT2D eigenvalue weighted by Crippen LogP contribution is 2.29. The molecule has 0 radical (unpaired) electrons. The lowest BCUT2D eigenvalue weighted by Gasteiger charge is -1.98. The van der Waals surface area contributed by atoms with Crippen molar-refractivity contribution < 1.29 is 5.11 Å². The third-order valence-corrected chi connectivity index (χ3v) is 2.44. The molecular formula is C11H9BrN4O. The number of phenolic OH excluding ortho intramolecular Hbond substituents is 1. The molecule has 6 heteroatoms. The Kier molecular flexibility index (Phi) is 3.34. The average Bonchev–Trinajstić information content (AvgIpc) is 2.30. The number of nitrogens with zero attached hydrogens (tertiary/aromatic N) is 3. The second-order valence-corrected chi connectivity index (χ2v) is 4.20. The van der Waals surface area contributed by atoms with Crippen LogP contribution in [0, 0.1) is 0 Å². The number of rotatable bonds is 2. The van der Waals surface area contributed by atoms with Crippen LogP contribution >= 0.6 is 15.9 Å². The lowest BCUT2D eigenvalue weighted by molar-refractivity contribution is 0.476. The number of nitrogens with two attached hydrogens (primary N) is 1. The molecule has 1 aromatic carbocycles. The summed E-state index contributed by atoms with van der Waals surface area (Å²) in [6.07, 6.45) is 1.62. The van der Waals surface area contributed by atoms with Crippen LogP contribution in [0.4, 0.5) is 17.2 Å². The van der Waals surface area contributed by atoms with Crippen LogP contribution in [0.5, 0.6) is 5.75 Å². The number of halogens is 1. The maximum atomic E-state index is 9.55. The zero-order valence-electron chi connectivity index (χ0n) is 8.71. The Hall–Kier alpha value is -1.95. The Labute approximate surface area is 106 Å². The first-order chi connectivity index (χ1) is 8.15. The van der Waals surface area contributed by atoms with E-state index in [1.165, 1.54) is 6.07 Å². The minimum atomic E-state index is -0.00846. The fourth-order valence-electron chi connectivity index (χ4n) is 1.16. The number of nitrogen functional groups attached to an aromatic ring is 1. The molecule has 0 fully saturated rings.